The molecule has 3 aliphatic heterocycles. The van der Waals surface area contributed by atoms with Crippen molar-refractivity contribution in [3.63, 3.8) is 0 Å². The Labute approximate surface area is 220 Å². The summed E-state index contributed by atoms with van der Waals surface area (Å²) in [5, 5.41) is 18.4. The number of ether oxygens (including phenoxy) is 2. The van der Waals surface area contributed by atoms with E-state index in [2.05, 4.69) is 15.0 Å². The summed E-state index contributed by atoms with van der Waals surface area (Å²) in [5.74, 6) is -4.56. The van der Waals surface area contributed by atoms with Crippen molar-refractivity contribution in [2.24, 2.45) is 5.41 Å². The predicted molar refractivity (Wildman–Crippen MR) is 122 cm³/mol. The molecule has 10 nitrogen and oxygen atoms in total. The van der Waals surface area contributed by atoms with E-state index in [0.717, 1.165) is 64.1 Å². The first-order valence-corrected chi connectivity index (χ1v) is 12.2. The molecule has 224 valence electrons. The first-order chi connectivity index (χ1) is 18.0. The van der Waals surface area contributed by atoms with Crippen LogP contribution >= 0.6 is 0 Å². The fraction of sp³-hybridized carbons (Fsp3) is 0.783. The average Bonchev–Trinajstić information content (AvgIpc) is 3.33. The van der Waals surface area contributed by atoms with E-state index in [1.54, 1.807) is 0 Å². The molecule has 2 N–H and O–H groups in total. The molecular weight excluding hydrogens is 544 g/mol. The molecule has 0 aliphatic carbocycles. The largest absolute Gasteiger partial charge is 0.490 e. The Morgan fingerprint density at radius 1 is 0.949 bits per heavy atom. The van der Waals surface area contributed by atoms with Gasteiger partial charge in [0, 0.05) is 56.4 Å². The molecule has 39 heavy (non-hydrogen) atoms. The van der Waals surface area contributed by atoms with Crippen LogP contribution in [-0.2, 0) is 25.6 Å². The minimum Gasteiger partial charge on any atom is -0.475 e. The highest BCUT2D eigenvalue weighted by Gasteiger charge is 2.43. The quantitative estimate of drug-likeness (QED) is 0.517. The van der Waals surface area contributed by atoms with Crippen molar-refractivity contribution in [2.45, 2.75) is 58.0 Å². The van der Waals surface area contributed by atoms with Crippen molar-refractivity contribution in [1.29, 1.82) is 0 Å². The van der Waals surface area contributed by atoms with Gasteiger partial charge in [-0.2, -0.15) is 26.3 Å². The molecule has 0 bridgehead atoms. The Hall–Kier alpha value is -2.43. The third-order valence-electron chi connectivity index (χ3n) is 6.74. The Balaban J connectivity index is 0.000000317. The minimum absolute atomic E-state index is 0.272. The van der Waals surface area contributed by atoms with Crippen LogP contribution in [0.4, 0.5) is 26.3 Å². The zero-order valence-electron chi connectivity index (χ0n) is 21.6. The SMILES string of the molecule is Cc1noc(C)c1CN1CCOCC2(CCN(C3CCOCC3)C2)C1.O=C(O)C(F)(F)F.O=C(O)C(F)(F)F. The second-order valence-electron chi connectivity index (χ2n) is 9.74. The lowest BCUT2D eigenvalue weighted by Gasteiger charge is -2.35. The van der Waals surface area contributed by atoms with Crippen LogP contribution in [0.5, 0.6) is 0 Å². The van der Waals surface area contributed by atoms with E-state index < -0.39 is 24.3 Å². The normalized spacial score (nSPS) is 23.4. The van der Waals surface area contributed by atoms with Gasteiger partial charge in [-0.05, 0) is 39.7 Å². The van der Waals surface area contributed by atoms with Crippen molar-refractivity contribution in [1.82, 2.24) is 15.0 Å². The Morgan fingerprint density at radius 3 is 2.00 bits per heavy atom. The molecule has 3 saturated heterocycles. The summed E-state index contributed by atoms with van der Waals surface area (Å²) in [6.07, 6.45) is -6.57. The van der Waals surface area contributed by atoms with Crippen molar-refractivity contribution in [3.8, 4) is 0 Å². The Bertz CT molecular complexity index is 906. The molecule has 0 amide bonds. The van der Waals surface area contributed by atoms with E-state index in [1.807, 2.05) is 13.8 Å². The van der Waals surface area contributed by atoms with Crippen molar-refractivity contribution in [3.05, 3.63) is 17.0 Å². The van der Waals surface area contributed by atoms with Crippen LogP contribution in [0.15, 0.2) is 4.52 Å². The van der Waals surface area contributed by atoms with Gasteiger partial charge in [-0.15, -0.1) is 0 Å². The van der Waals surface area contributed by atoms with Gasteiger partial charge in [0.05, 0.1) is 18.9 Å². The second-order valence-corrected chi connectivity index (χ2v) is 9.74. The number of carbonyl (C=O) groups is 2. The first kappa shape index (κ1) is 32.8. The van der Waals surface area contributed by atoms with Crippen LogP contribution in [-0.4, -0.2) is 108 Å². The number of carboxylic acid groups (broad SMARTS) is 2. The molecule has 1 unspecified atom stereocenters. The molecule has 3 aliphatic rings. The number of rotatable bonds is 3. The maximum Gasteiger partial charge on any atom is 0.490 e. The highest BCUT2D eigenvalue weighted by atomic mass is 19.4. The molecule has 0 saturated carbocycles. The number of hydrogen-bond acceptors (Lipinski definition) is 8. The lowest BCUT2D eigenvalue weighted by atomic mass is 9.87. The fourth-order valence-electron chi connectivity index (χ4n) is 4.75. The van der Waals surface area contributed by atoms with E-state index >= 15 is 0 Å². The third-order valence-corrected chi connectivity index (χ3v) is 6.74. The number of alkyl halides is 6. The summed E-state index contributed by atoms with van der Waals surface area (Å²) < 4.78 is 80.4. The molecule has 1 spiro atoms. The molecule has 1 aromatic heterocycles. The smallest absolute Gasteiger partial charge is 0.475 e. The summed E-state index contributed by atoms with van der Waals surface area (Å²) in [6, 6.07) is 0.701. The van der Waals surface area contributed by atoms with Gasteiger partial charge in [0.1, 0.15) is 5.76 Å². The third kappa shape index (κ3) is 10.2. The summed E-state index contributed by atoms with van der Waals surface area (Å²) >= 11 is 0. The molecule has 1 atom stereocenters. The van der Waals surface area contributed by atoms with Gasteiger partial charge in [0.2, 0.25) is 0 Å². The fourth-order valence-corrected chi connectivity index (χ4v) is 4.75. The predicted octanol–water partition coefficient (Wildman–Crippen LogP) is 3.26. The van der Waals surface area contributed by atoms with Gasteiger partial charge in [-0.3, -0.25) is 9.80 Å². The number of hydrogen-bond donors (Lipinski definition) is 2. The van der Waals surface area contributed by atoms with Gasteiger partial charge in [0.15, 0.2) is 0 Å². The van der Waals surface area contributed by atoms with E-state index in [0.29, 0.717) is 6.04 Å². The lowest BCUT2D eigenvalue weighted by molar-refractivity contribution is -0.193. The molecule has 4 heterocycles. The van der Waals surface area contributed by atoms with Gasteiger partial charge in [-0.25, -0.2) is 9.59 Å². The monoisotopic (exact) mass is 577 g/mol. The van der Waals surface area contributed by atoms with Crippen LogP contribution in [0.3, 0.4) is 0 Å². The average molecular weight is 578 g/mol. The highest BCUT2D eigenvalue weighted by Crippen LogP contribution is 2.36. The van der Waals surface area contributed by atoms with E-state index in [1.165, 1.54) is 31.4 Å². The number of aromatic nitrogens is 1. The number of aryl methyl sites for hydroxylation is 2. The van der Waals surface area contributed by atoms with Crippen LogP contribution in [0.1, 0.15) is 36.3 Å². The molecule has 3 fully saturated rings. The summed E-state index contributed by atoms with van der Waals surface area (Å²) in [4.78, 5) is 23.0. The lowest BCUT2D eigenvalue weighted by Crippen LogP contribution is -2.43. The molecule has 4 rings (SSSR count). The maximum absolute atomic E-state index is 10.6. The Morgan fingerprint density at radius 2 is 1.51 bits per heavy atom. The van der Waals surface area contributed by atoms with Gasteiger partial charge in [0.25, 0.3) is 0 Å². The topological polar surface area (TPSA) is 126 Å². The number of aliphatic carboxylic acids is 2. The maximum atomic E-state index is 10.6. The number of carboxylic acids is 2. The second kappa shape index (κ2) is 13.8. The van der Waals surface area contributed by atoms with E-state index in [-0.39, 0.29) is 5.41 Å². The molecule has 1 aromatic rings. The summed E-state index contributed by atoms with van der Waals surface area (Å²) in [6.45, 7) is 13.0. The van der Waals surface area contributed by atoms with Crippen LogP contribution in [0.25, 0.3) is 0 Å². The van der Waals surface area contributed by atoms with Crippen LogP contribution in [0.2, 0.25) is 0 Å². The molecule has 0 radical (unpaired) electrons. The molecule has 16 heteroatoms. The summed E-state index contributed by atoms with van der Waals surface area (Å²) in [5.41, 5.74) is 2.54. The standard InChI is InChI=1S/C19H31N3O3.2C2HF3O2/c1-15-18(16(2)25-20-15)11-21-7-10-24-14-19(12-21)5-6-22(13-19)17-3-8-23-9-4-17;2*3-2(4,5)1(6)7/h17H,3-14H2,1-2H3;2*(H,6,7). The summed E-state index contributed by atoms with van der Waals surface area (Å²) in [7, 11) is 0. The van der Waals surface area contributed by atoms with Crippen LogP contribution < -0.4 is 0 Å². The van der Waals surface area contributed by atoms with Crippen molar-refractivity contribution < 1.29 is 60.1 Å². The number of nitrogens with zero attached hydrogens (tertiary/aromatic N) is 3. The zero-order chi connectivity index (χ0) is 29.4. The minimum atomic E-state index is -5.08. The van der Waals surface area contributed by atoms with Crippen LogP contribution in [0, 0.1) is 19.3 Å². The van der Waals surface area contributed by atoms with E-state index in [4.69, 9.17) is 33.8 Å². The highest BCUT2D eigenvalue weighted by molar-refractivity contribution is 5.73. The van der Waals surface area contributed by atoms with Crippen molar-refractivity contribution >= 4 is 11.9 Å². The molecule has 0 aromatic carbocycles. The van der Waals surface area contributed by atoms with Gasteiger partial charge < -0.3 is 24.2 Å². The Kier molecular flexibility index (Phi) is 11.6. The van der Waals surface area contributed by atoms with E-state index in [9.17, 15) is 26.3 Å². The van der Waals surface area contributed by atoms with Crippen molar-refractivity contribution in [2.75, 3.05) is 52.6 Å². The van der Waals surface area contributed by atoms with Gasteiger partial charge in [-0.1, -0.05) is 5.16 Å². The number of halogens is 6. The zero-order valence-corrected chi connectivity index (χ0v) is 21.6. The molecular formula is C23H33F6N3O7. The van der Waals surface area contributed by atoms with Gasteiger partial charge >= 0.3 is 24.3 Å². The number of likely N-dealkylation sites (tertiary alicyclic amines) is 1. The first-order valence-electron chi connectivity index (χ1n) is 12.2.